The van der Waals surface area contributed by atoms with Crippen LogP contribution in [0.1, 0.15) is 25.3 Å². The molecule has 9 heteroatoms. The lowest BCUT2D eigenvalue weighted by Crippen LogP contribution is -2.46. The first-order chi connectivity index (χ1) is 13.9. The van der Waals surface area contributed by atoms with Crippen LogP contribution in [0.3, 0.4) is 0 Å². The van der Waals surface area contributed by atoms with Crippen molar-refractivity contribution in [2.45, 2.75) is 42.3 Å². The molecular formula is C20H21N5O3S. The van der Waals surface area contributed by atoms with E-state index in [-0.39, 0.29) is 18.4 Å². The predicted octanol–water partition coefficient (Wildman–Crippen LogP) is 2.60. The van der Waals surface area contributed by atoms with E-state index in [1.807, 2.05) is 19.1 Å². The number of aromatic nitrogens is 2. The lowest BCUT2D eigenvalue weighted by molar-refractivity contribution is -0.134. The highest BCUT2D eigenvalue weighted by Gasteiger charge is 2.56. The monoisotopic (exact) mass is 411 g/mol. The topological polar surface area (TPSA) is 104 Å². The van der Waals surface area contributed by atoms with Gasteiger partial charge in [0.2, 0.25) is 5.91 Å². The Morgan fingerprint density at radius 1 is 1.31 bits per heavy atom. The fraction of sp³-hybridized carbons (Fsp3) is 0.350. The standard InChI is InChI=1S/C20H21N5O3S/c1-12-10-14(29-18-21-8-3-9-22-18)6-7-15(12)23-16(26)11-25-17(27)20(2,13-4-5-13)24-19(25)28/h3,6-10,13H,4-5,11H2,1-2H3,(H,23,26)(H,24,28). The summed E-state index contributed by atoms with van der Waals surface area (Å²) in [6, 6.07) is 6.83. The van der Waals surface area contributed by atoms with Crippen LogP contribution in [0.4, 0.5) is 10.5 Å². The Morgan fingerprint density at radius 3 is 2.69 bits per heavy atom. The van der Waals surface area contributed by atoms with Crippen molar-refractivity contribution in [3.8, 4) is 0 Å². The summed E-state index contributed by atoms with van der Waals surface area (Å²) in [6.45, 7) is 3.31. The van der Waals surface area contributed by atoms with Crippen molar-refractivity contribution in [1.29, 1.82) is 0 Å². The number of amides is 4. The molecule has 2 aromatic rings. The van der Waals surface area contributed by atoms with E-state index in [4.69, 9.17) is 0 Å². The Balaban J connectivity index is 1.39. The van der Waals surface area contributed by atoms with Gasteiger partial charge in [0, 0.05) is 23.0 Å². The number of carbonyl (C=O) groups is 3. The molecule has 4 amide bonds. The molecule has 0 spiro atoms. The molecule has 1 atom stereocenters. The molecule has 1 saturated carbocycles. The summed E-state index contributed by atoms with van der Waals surface area (Å²) in [5.41, 5.74) is 0.607. The summed E-state index contributed by atoms with van der Waals surface area (Å²) in [5.74, 6) is -0.581. The predicted molar refractivity (Wildman–Crippen MR) is 107 cm³/mol. The number of rotatable bonds is 6. The molecule has 2 heterocycles. The molecule has 1 aromatic heterocycles. The Hall–Kier alpha value is -2.94. The van der Waals surface area contributed by atoms with Crippen molar-refractivity contribution in [3.63, 3.8) is 0 Å². The Morgan fingerprint density at radius 2 is 2.03 bits per heavy atom. The number of aryl methyl sites for hydroxylation is 1. The zero-order valence-corrected chi connectivity index (χ0v) is 17.0. The summed E-state index contributed by atoms with van der Waals surface area (Å²) in [6.07, 6.45) is 5.20. The number of hydrogen-bond donors (Lipinski definition) is 2. The van der Waals surface area contributed by atoms with Gasteiger partial charge in [0.05, 0.1) is 0 Å². The Kier molecular flexibility index (Phi) is 4.99. The van der Waals surface area contributed by atoms with Gasteiger partial charge in [-0.25, -0.2) is 14.8 Å². The second-order valence-corrected chi connectivity index (χ2v) is 8.50. The molecule has 2 N–H and O–H groups in total. The van der Waals surface area contributed by atoms with Gasteiger partial charge in [0.15, 0.2) is 5.16 Å². The van der Waals surface area contributed by atoms with E-state index < -0.39 is 17.5 Å². The lowest BCUT2D eigenvalue weighted by atomic mass is 9.96. The number of benzene rings is 1. The van der Waals surface area contributed by atoms with Crippen LogP contribution in [0.5, 0.6) is 0 Å². The van der Waals surface area contributed by atoms with Crippen molar-refractivity contribution in [2.75, 3.05) is 11.9 Å². The largest absolute Gasteiger partial charge is 0.325 e. The molecule has 1 saturated heterocycles. The minimum absolute atomic E-state index is 0.160. The summed E-state index contributed by atoms with van der Waals surface area (Å²) in [4.78, 5) is 47.6. The molecule has 150 valence electrons. The van der Waals surface area contributed by atoms with E-state index in [0.29, 0.717) is 10.8 Å². The van der Waals surface area contributed by atoms with E-state index in [0.717, 1.165) is 28.2 Å². The fourth-order valence-electron chi connectivity index (χ4n) is 3.41. The minimum atomic E-state index is -0.883. The van der Waals surface area contributed by atoms with Crippen LogP contribution in [-0.4, -0.2) is 44.8 Å². The molecule has 0 bridgehead atoms. The first-order valence-corrected chi connectivity index (χ1v) is 10.2. The van der Waals surface area contributed by atoms with Crippen LogP contribution in [0.2, 0.25) is 0 Å². The van der Waals surface area contributed by atoms with Crippen LogP contribution in [0.15, 0.2) is 46.7 Å². The zero-order valence-electron chi connectivity index (χ0n) is 16.1. The maximum absolute atomic E-state index is 12.6. The average Bonchev–Trinajstić information content (AvgIpc) is 3.51. The van der Waals surface area contributed by atoms with Crippen LogP contribution < -0.4 is 10.6 Å². The molecule has 2 aliphatic rings. The number of carbonyl (C=O) groups excluding carboxylic acids is 3. The summed E-state index contributed by atoms with van der Waals surface area (Å²) in [7, 11) is 0. The van der Waals surface area contributed by atoms with E-state index in [9.17, 15) is 14.4 Å². The van der Waals surface area contributed by atoms with Crippen molar-refractivity contribution in [2.24, 2.45) is 5.92 Å². The second-order valence-electron chi connectivity index (χ2n) is 7.46. The Bertz CT molecular complexity index is 979. The summed E-state index contributed by atoms with van der Waals surface area (Å²) in [5, 5.41) is 6.17. The molecule has 2 fully saturated rings. The highest BCUT2D eigenvalue weighted by Crippen LogP contribution is 2.42. The maximum atomic E-state index is 12.6. The van der Waals surface area contributed by atoms with Gasteiger partial charge in [-0.3, -0.25) is 14.5 Å². The molecule has 1 aromatic carbocycles. The van der Waals surface area contributed by atoms with Gasteiger partial charge in [-0.1, -0.05) is 0 Å². The highest BCUT2D eigenvalue weighted by atomic mass is 32.2. The molecule has 8 nitrogen and oxygen atoms in total. The normalized spacial score (nSPS) is 21.2. The van der Waals surface area contributed by atoms with Crippen LogP contribution in [0, 0.1) is 12.8 Å². The molecule has 4 rings (SSSR count). The summed E-state index contributed by atoms with van der Waals surface area (Å²) >= 11 is 1.42. The van der Waals surface area contributed by atoms with E-state index in [1.54, 1.807) is 31.5 Å². The molecule has 1 aliphatic carbocycles. The molecule has 0 radical (unpaired) electrons. The van der Waals surface area contributed by atoms with Gasteiger partial charge in [-0.05, 0) is 74.2 Å². The van der Waals surface area contributed by atoms with Crippen molar-refractivity contribution >= 4 is 35.3 Å². The third kappa shape index (κ3) is 3.95. The van der Waals surface area contributed by atoms with Gasteiger partial charge in [-0.2, -0.15) is 0 Å². The van der Waals surface area contributed by atoms with Gasteiger partial charge in [-0.15, -0.1) is 0 Å². The number of urea groups is 1. The Labute approximate surface area is 172 Å². The zero-order chi connectivity index (χ0) is 20.6. The number of anilines is 1. The fourth-order valence-corrected chi connectivity index (χ4v) is 4.22. The SMILES string of the molecule is Cc1cc(Sc2ncccn2)ccc1NC(=O)CN1C(=O)NC(C)(C2CC2)C1=O. The number of nitrogens with one attached hydrogen (secondary N) is 2. The third-order valence-corrected chi connectivity index (χ3v) is 6.10. The number of nitrogens with zero attached hydrogens (tertiary/aromatic N) is 3. The first-order valence-electron chi connectivity index (χ1n) is 9.36. The van der Waals surface area contributed by atoms with E-state index >= 15 is 0 Å². The molecule has 29 heavy (non-hydrogen) atoms. The third-order valence-electron chi connectivity index (χ3n) is 5.22. The lowest BCUT2D eigenvalue weighted by Gasteiger charge is -2.20. The van der Waals surface area contributed by atoms with Crippen LogP contribution in [0.25, 0.3) is 0 Å². The summed E-state index contributed by atoms with van der Waals surface area (Å²) < 4.78 is 0. The molecule has 1 aliphatic heterocycles. The number of hydrogen-bond acceptors (Lipinski definition) is 6. The van der Waals surface area contributed by atoms with Crippen molar-refractivity contribution in [3.05, 3.63) is 42.2 Å². The van der Waals surface area contributed by atoms with Crippen LogP contribution >= 0.6 is 11.8 Å². The number of imide groups is 1. The molecule has 1 unspecified atom stereocenters. The van der Waals surface area contributed by atoms with Crippen LogP contribution in [-0.2, 0) is 9.59 Å². The van der Waals surface area contributed by atoms with Gasteiger partial charge >= 0.3 is 6.03 Å². The van der Waals surface area contributed by atoms with Crippen molar-refractivity contribution < 1.29 is 14.4 Å². The van der Waals surface area contributed by atoms with Gasteiger partial charge in [0.25, 0.3) is 5.91 Å². The maximum Gasteiger partial charge on any atom is 0.325 e. The van der Waals surface area contributed by atoms with Crippen molar-refractivity contribution in [1.82, 2.24) is 20.2 Å². The first kappa shape index (κ1) is 19.4. The molecular weight excluding hydrogens is 390 g/mol. The van der Waals surface area contributed by atoms with E-state index in [1.165, 1.54) is 11.8 Å². The quantitative estimate of drug-likeness (QED) is 0.559. The second kappa shape index (κ2) is 7.47. The smallest absolute Gasteiger partial charge is 0.324 e. The average molecular weight is 411 g/mol. The minimum Gasteiger partial charge on any atom is -0.324 e. The highest BCUT2D eigenvalue weighted by molar-refractivity contribution is 7.99. The van der Waals surface area contributed by atoms with Gasteiger partial charge < -0.3 is 10.6 Å². The van der Waals surface area contributed by atoms with E-state index in [2.05, 4.69) is 20.6 Å². The van der Waals surface area contributed by atoms with Gasteiger partial charge in [0.1, 0.15) is 12.1 Å².